The molecule has 1 saturated carbocycles. The van der Waals surface area contributed by atoms with E-state index in [1.54, 1.807) is 0 Å². The van der Waals surface area contributed by atoms with E-state index in [9.17, 15) is 0 Å². The Balaban J connectivity index is 1.94. The number of likely N-dealkylation sites (N-methyl/N-ethyl adjacent to an activating group) is 1. The molecule has 1 saturated heterocycles. The fourth-order valence-corrected chi connectivity index (χ4v) is 3.42. The molecule has 1 aliphatic carbocycles. The molecule has 1 heterocycles. The third kappa shape index (κ3) is 3.21. The largest absolute Gasteiger partial charge is 0.377 e. The van der Waals surface area contributed by atoms with Gasteiger partial charge in [-0.25, -0.2) is 0 Å². The highest BCUT2D eigenvalue weighted by Crippen LogP contribution is 2.31. The molecule has 2 aliphatic rings. The normalized spacial score (nSPS) is 29.5. The number of hydrogen-bond donors (Lipinski definition) is 1. The van der Waals surface area contributed by atoms with E-state index in [2.05, 4.69) is 11.9 Å². The first-order valence-electron chi connectivity index (χ1n) is 7.30. The molecule has 0 aromatic heterocycles. The lowest BCUT2D eigenvalue weighted by Gasteiger charge is -2.42. The van der Waals surface area contributed by atoms with Crippen LogP contribution in [0.3, 0.4) is 0 Å². The van der Waals surface area contributed by atoms with Crippen LogP contribution in [0.15, 0.2) is 0 Å². The highest BCUT2D eigenvalue weighted by atomic mass is 16.5. The molecule has 1 unspecified atom stereocenters. The van der Waals surface area contributed by atoms with Crippen LogP contribution in [0.25, 0.3) is 0 Å². The lowest BCUT2D eigenvalue weighted by atomic mass is 9.88. The lowest BCUT2D eigenvalue weighted by Crippen LogP contribution is -2.53. The number of hydrogen-bond acceptors (Lipinski definition) is 3. The highest BCUT2D eigenvalue weighted by Gasteiger charge is 2.35. The molecule has 3 nitrogen and oxygen atoms in total. The van der Waals surface area contributed by atoms with Crippen molar-refractivity contribution in [2.75, 3.05) is 26.7 Å². The molecular weight excluding hydrogens is 212 g/mol. The van der Waals surface area contributed by atoms with E-state index < -0.39 is 0 Å². The lowest BCUT2D eigenvalue weighted by molar-refractivity contribution is 0.0303. The van der Waals surface area contributed by atoms with Crippen molar-refractivity contribution in [1.82, 2.24) is 4.90 Å². The summed E-state index contributed by atoms with van der Waals surface area (Å²) >= 11 is 0. The fourth-order valence-electron chi connectivity index (χ4n) is 3.42. The first-order chi connectivity index (χ1) is 8.27. The van der Waals surface area contributed by atoms with Gasteiger partial charge in [0.05, 0.1) is 6.10 Å². The summed E-state index contributed by atoms with van der Waals surface area (Å²) in [6.45, 7) is 2.82. The molecular formula is C14H28N2O. The summed E-state index contributed by atoms with van der Waals surface area (Å²) in [6, 6.07) is 0. The third-order valence-electron chi connectivity index (χ3n) is 4.73. The maximum absolute atomic E-state index is 6.10. The zero-order valence-electron chi connectivity index (χ0n) is 11.3. The number of nitrogens with two attached hydrogens (primary N) is 1. The smallest absolute Gasteiger partial charge is 0.0702 e. The summed E-state index contributed by atoms with van der Waals surface area (Å²) in [5.41, 5.74) is 6.35. The molecule has 2 N–H and O–H groups in total. The molecule has 2 rings (SSSR count). The SMILES string of the molecule is CN(CC1CCCO1)C1(CN)CCCCCC1. The van der Waals surface area contributed by atoms with Gasteiger partial charge in [0.15, 0.2) is 0 Å². The molecule has 0 radical (unpaired) electrons. The standard InChI is InChI=1S/C14H28N2O/c1-16(11-13-7-6-10-17-13)14(12-15)8-4-2-3-5-9-14/h13H,2-12,15H2,1H3. The Morgan fingerprint density at radius 1 is 1.18 bits per heavy atom. The maximum Gasteiger partial charge on any atom is 0.0702 e. The summed E-state index contributed by atoms with van der Waals surface area (Å²) in [6.07, 6.45) is 10.9. The van der Waals surface area contributed by atoms with Gasteiger partial charge in [-0.05, 0) is 32.7 Å². The minimum atomic E-state index is 0.252. The average molecular weight is 240 g/mol. The van der Waals surface area contributed by atoms with Crippen LogP contribution in [0.5, 0.6) is 0 Å². The van der Waals surface area contributed by atoms with Crippen molar-refractivity contribution in [3.05, 3.63) is 0 Å². The van der Waals surface area contributed by atoms with Gasteiger partial charge in [-0.2, -0.15) is 0 Å². The zero-order valence-corrected chi connectivity index (χ0v) is 11.3. The summed E-state index contributed by atoms with van der Waals surface area (Å²) in [5.74, 6) is 0. The van der Waals surface area contributed by atoms with Gasteiger partial charge >= 0.3 is 0 Å². The van der Waals surface area contributed by atoms with Crippen LogP contribution in [0.1, 0.15) is 51.4 Å². The Hall–Kier alpha value is -0.120. The van der Waals surface area contributed by atoms with E-state index in [4.69, 9.17) is 10.5 Å². The van der Waals surface area contributed by atoms with Crippen LogP contribution in [-0.4, -0.2) is 43.3 Å². The summed E-state index contributed by atoms with van der Waals surface area (Å²) in [7, 11) is 2.25. The first kappa shape index (κ1) is 13.3. The number of ether oxygens (including phenoxy) is 1. The van der Waals surface area contributed by atoms with Crippen molar-refractivity contribution in [1.29, 1.82) is 0 Å². The predicted molar refractivity (Wildman–Crippen MR) is 71.1 cm³/mol. The molecule has 1 aliphatic heterocycles. The molecule has 17 heavy (non-hydrogen) atoms. The van der Waals surface area contributed by atoms with E-state index in [-0.39, 0.29) is 5.54 Å². The second-order valence-electron chi connectivity index (χ2n) is 5.86. The van der Waals surface area contributed by atoms with Crippen LogP contribution in [0.2, 0.25) is 0 Å². The van der Waals surface area contributed by atoms with Crippen molar-refractivity contribution in [3.8, 4) is 0 Å². The van der Waals surface area contributed by atoms with E-state index in [0.717, 1.165) is 19.7 Å². The Labute approximate surface area is 106 Å². The molecule has 0 aromatic rings. The van der Waals surface area contributed by atoms with Gasteiger partial charge in [-0.3, -0.25) is 4.90 Å². The molecule has 1 atom stereocenters. The van der Waals surface area contributed by atoms with Crippen molar-refractivity contribution in [3.63, 3.8) is 0 Å². The Bertz CT molecular complexity index is 218. The molecule has 2 fully saturated rings. The number of nitrogens with zero attached hydrogens (tertiary/aromatic N) is 1. The van der Waals surface area contributed by atoms with Crippen LogP contribution in [0, 0.1) is 0 Å². The summed E-state index contributed by atoms with van der Waals surface area (Å²) in [5, 5.41) is 0. The predicted octanol–water partition coefficient (Wildman–Crippen LogP) is 2.15. The highest BCUT2D eigenvalue weighted by molar-refractivity contribution is 4.92. The van der Waals surface area contributed by atoms with Crippen molar-refractivity contribution in [2.45, 2.75) is 63.0 Å². The quantitative estimate of drug-likeness (QED) is 0.765. The fraction of sp³-hybridized carbons (Fsp3) is 1.00. The van der Waals surface area contributed by atoms with E-state index in [1.165, 1.54) is 51.4 Å². The van der Waals surface area contributed by atoms with Gasteiger partial charge in [-0.1, -0.05) is 25.7 Å². The van der Waals surface area contributed by atoms with Gasteiger partial charge in [-0.15, -0.1) is 0 Å². The van der Waals surface area contributed by atoms with E-state index >= 15 is 0 Å². The van der Waals surface area contributed by atoms with Crippen molar-refractivity contribution < 1.29 is 4.74 Å². The van der Waals surface area contributed by atoms with Crippen molar-refractivity contribution in [2.24, 2.45) is 5.73 Å². The molecule has 100 valence electrons. The van der Waals surface area contributed by atoms with Gasteiger partial charge < -0.3 is 10.5 Å². The van der Waals surface area contributed by atoms with Gasteiger partial charge in [0, 0.05) is 25.2 Å². The van der Waals surface area contributed by atoms with Gasteiger partial charge in [0.2, 0.25) is 0 Å². The second-order valence-corrected chi connectivity index (χ2v) is 5.86. The second kappa shape index (κ2) is 6.17. The van der Waals surface area contributed by atoms with E-state index in [0.29, 0.717) is 6.10 Å². The van der Waals surface area contributed by atoms with Gasteiger partial charge in [0.25, 0.3) is 0 Å². The van der Waals surface area contributed by atoms with Crippen LogP contribution in [-0.2, 0) is 4.74 Å². The minimum Gasteiger partial charge on any atom is -0.377 e. The zero-order chi connectivity index (χ0) is 12.1. The van der Waals surface area contributed by atoms with E-state index in [1.807, 2.05) is 0 Å². The molecule has 0 spiro atoms. The Morgan fingerprint density at radius 2 is 1.88 bits per heavy atom. The van der Waals surface area contributed by atoms with Gasteiger partial charge in [0.1, 0.15) is 0 Å². The molecule has 0 amide bonds. The Morgan fingerprint density at radius 3 is 2.41 bits per heavy atom. The summed E-state index contributed by atoms with van der Waals surface area (Å²) < 4.78 is 5.75. The number of rotatable bonds is 4. The topological polar surface area (TPSA) is 38.5 Å². The average Bonchev–Trinajstić information content (AvgIpc) is 2.72. The summed E-state index contributed by atoms with van der Waals surface area (Å²) in [4.78, 5) is 2.51. The molecule has 0 aromatic carbocycles. The minimum absolute atomic E-state index is 0.252. The molecule has 0 bridgehead atoms. The van der Waals surface area contributed by atoms with Crippen molar-refractivity contribution >= 4 is 0 Å². The first-order valence-corrected chi connectivity index (χ1v) is 7.30. The van der Waals surface area contributed by atoms with Crippen LogP contribution < -0.4 is 5.73 Å². The third-order valence-corrected chi connectivity index (χ3v) is 4.73. The molecule has 3 heteroatoms. The maximum atomic E-state index is 6.10. The Kier molecular flexibility index (Phi) is 4.83. The van der Waals surface area contributed by atoms with Crippen LogP contribution in [0.4, 0.5) is 0 Å². The monoisotopic (exact) mass is 240 g/mol. The van der Waals surface area contributed by atoms with Crippen LogP contribution >= 0.6 is 0 Å².